The van der Waals surface area contributed by atoms with Crippen molar-refractivity contribution in [3.8, 4) is 5.75 Å². The lowest BCUT2D eigenvalue weighted by atomic mass is 9.44. The van der Waals surface area contributed by atoms with E-state index in [1.165, 1.54) is 11.1 Å². The van der Waals surface area contributed by atoms with Crippen LogP contribution in [0.3, 0.4) is 0 Å². The summed E-state index contributed by atoms with van der Waals surface area (Å²) in [5.74, 6) is 1.29. The Balaban J connectivity index is 1.51. The highest BCUT2D eigenvalue weighted by molar-refractivity contribution is 5.43. The minimum atomic E-state index is -4.53. The Labute approximate surface area is 201 Å². The second-order valence-corrected chi connectivity index (χ2v) is 11.3. The third-order valence-electron chi connectivity index (χ3n) is 9.54. The number of benzene rings is 1. The molecule has 0 bridgehead atoms. The number of aliphatic hydroxyl groups is 2. The molecule has 6 heteroatoms. The summed E-state index contributed by atoms with van der Waals surface area (Å²) in [5, 5.41) is 30.3. The van der Waals surface area contributed by atoms with Crippen LogP contribution in [-0.2, 0) is 6.42 Å². The molecule has 34 heavy (non-hydrogen) atoms. The smallest absolute Gasteiger partial charge is 0.414 e. The minimum Gasteiger partial charge on any atom is -0.508 e. The fourth-order valence-electron chi connectivity index (χ4n) is 7.95. The van der Waals surface area contributed by atoms with Gasteiger partial charge in [-0.3, -0.25) is 0 Å². The van der Waals surface area contributed by atoms with E-state index in [0.29, 0.717) is 30.4 Å². The van der Waals surface area contributed by atoms with Crippen LogP contribution in [0.25, 0.3) is 0 Å². The Bertz CT molecular complexity index is 884. The number of unbranched alkanes of at least 4 members (excludes halogenated alkanes) is 3. The van der Waals surface area contributed by atoms with Crippen molar-refractivity contribution in [2.24, 2.45) is 22.7 Å². The number of aryl methyl sites for hydroxylation is 1. The molecule has 3 aliphatic rings. The van der Waals surface area contributed by atoms with Crippen LogP contribution in [0.4, 0.5) is 13.2 Å². The Hall–Kier alpha value is -1.53. The number of hydrogen-bond acceptors (Lipinski definition) is 3. The zero-order valence-corrected chi connectivity index (χ0v) is 20.2. The maximum atomic E-state index is 12.5. The summed E-state index contributed by atoms with van der Waals surface area (Å²) in [7, 11) is 0. The highest BCUT2D eigenvalue weighted by Gasteiger charge is 2.63. The van der Waals surface area contributed by atoms with E-state index in [1.54, 1.807) is 6.07 Å². The number of alkyl halides is 3. The van der Waals surface area contributed by atoms with Crippen molar-refractivity contribution in [3.05, 3.63) is 42.0 Å². The summed E-state index contributed by atoms with van der Waals surface area (Å²) in [6.07, 6.45) is 3.21. The van der Waals surface area contributed by atoms with Crippen molar-refractivity contribution in [2.45, 2.75) is 102 Å². The van der Waals surface area contributed by atoms with Crippen molar-refractivity contribution >= 4 is 0 Å². The van der Waals surface area contributed by atoms with Crippen LogP contribution in [0, 0.1) is 22.7 Å². The van der Waals surface area contributed by atoms with Gasteiger partial charge in [0.2, 0.25) is 0 Å². The molecule has 0 amide bonds. The minimum absolute atomic E-state index is 0.0874. The topological polar surface area (TPSA) is 60.7 Å². The predicted octanol–water partition coefficient (Wildman–Crippen LogP) is 6.66. The summed E-state index contributed by atoms with van der Waals surface area (Å²) in [6, 6.07) is 5.74. The van der Waals surface area contributed by atoms with Crippen LogP contribution < -0.4 is 0 Å². The van der Waals surface area contributed by atoms with Crippen molar-refractivity contribution < 1.29 is 28.5 Å². The van der Waals surface area contributed by atoms with Crippen molar-refractivity contribution in [1.82, 2.24) is 0 Å². The Kier molecular flexibility index (Phi) is 7.14. The number of hydrogen-bond donors (Lipinski definition) is 3. The van der Waals surface area contributed by atoms with E-state index in [1.807, 2.05) is 6.07 Å². The second kappa shape index (κ2) is 9.50. The van der Waals surface area contributed by atoms with Gasteiger partial charge < -0.3 is 15.3 Å². The van der Waals surface area contributed by atoms with Gasteiger partial charge in [0.1, 0.15) is 11.9 Å². The molecule has 2 fully saturated rings. The molecular formula is C28H39F3O3. The molecule has 1 aromatic rings. The fraction of sp³-hybridized carbons (Fsp3) is 0.714. The van der Waals surface area contributed by atoms with E-state index in [9.17, 15) is 28.5 Å². The van der Waals surface area contributed by atoms with Gasteiger partial charge in [0.25, 0.3) is 0 Å². The maximum Gasteiger partial charge on any atom is 0.414 e. The summed E-state index contributed by atoms with van der Waals surface area (Å²) in [6.45, 7) is 6.56. The molecule has 0 saturated heterocycles. The molecule has 1 aromatic carbocycles. The zero-order valence-electron chi connectivity index (χ0n) is 20.2. The summed E-state index contributed by atoms with van der Waals surface area (Å²) in [5.41, 5.74) is 2.26. The number of aliphatic hydroxyl groups excluding tert-OH is 2. The average Bonchev–Trinajstić information content (AvgIpc) is 3.09. The van der Waals surface area contributed by atoms with Crippen LogP contribution in [0.15, 0.2) is 30.9 Å². The molecule has 2 saturated carbocycles. The third kappa shape index (κ3) is 4.41. The molecule has 3 aliphatic carbocycles. The van der Waals surface area contributed by atoms with Gasteiger partial charge >= 0.3 is 6.18 Å². The lowest BCUT2D eigenvalue weighted by molar-refractivity contribution is -0.205. The second-order valence-electron chi connectivity index (χ2n) is 11.3. The van der Waals surface area contributed by atoms with Crippen molar-refractivity contribution in [3.63, 3.8) is 0 Å². The number of allylic oxidation sites excluding steroid dienone is 1. The Morgan fingerprint density at radius 1 is 1.18 bits per heavy atom. The zero-order chi connectivity index (χ0) is 24.7. The van der Waals surface area contributed by atoms with Gasteiger partial charge in [-0.05, 0) is 96.8 Å². The molecule has 0 unspecified atom stereocenters. The fourth-order valence-corrected chi connectivity index (χ4v) is 7.95. The molecule has 0 aliphatic heterocycles. The first-order valence-corrected chi connectivity index (χ1v) is 12.9. The van der Waals surface area contributed by atoms with Gasteiger partial charge in [0.05, 0.1) is 6.10 Å². The molecule has 3 N–H and O–H groups in total. The normalized spacial score (nSPS) is 35.8. The predicted molar refractivity (Wildman–Crippen MR) is 127 cm³/mol. The largest absolute Gasteiger partial charge is 0.508 e. The van der Waals surface area contributed by atoms with Crippen LogP contribution in [0.2, 0.25) is 0 Å². The number of fused-ring (bicyclic) bond motifs is 5. The first kappa shape index (κ1) is 25.6. The number of halogens is 3. The Morgan fingerprint density at radius 3 is 2.62 bits per heavy atom. The number of rotatable bonds is 8. The first-order chi connectivity index (χ1) is 16.0. The van der Waals surface area contributed by atoms with E-state index in [0.717, 1.165) is 51.4 Å². The maximum absolute atomic E-state index is 12.5. The van der Waals surface area contributed by atoms with Gasteiger partial charge in [-0.2, -0.15) is 13.2 Å². The molecular weight excluding hydrogens is 441 g/mol. The van der Waals surface area contributed by atoms with Crippen LogP contribution in [0.5, 0.6) is 5.75 Å². The standard InChI is InChI=1S/C28H39F3O3/c1-3-27-15-14-18-16-20(32)10-11-21(18)25(27)19(17-26(2)22(27)12-13-23(26)33)8-6-4-5-7-9-24(34)28(29,30)31/h3,10-11,16,19,22-25,32-34H,1,4-9,12-15,17H2,2H3/t19-,22+,23-,24+,25+,26-,27-/m0/s1. The average molecular weight is 481 g/mol. The van der Waals surface area contributed by atoms with Crippen molar-refractivity contribution in [1.29, 1.82) is 0 Å². The molecule has 7 atom stereocenters. The van der Waals surface area contributed by atoms with Gasteiger partial charge in [-0.15, -0.1) is 6.58 Å². The van der Waals surface area contributed by atoms with E-state index in [4.69, 9.17) is 0 Å². The number of aromatic hydroxyl groups is 1. The van der Waals surface area contributed by atoms with Gasteiger partial charge in [0.15, 0.2) is 0 Å². The van der Waals surface area contributed by atoms with E-state index >= 15 is 0 Å². The van der Waals surface area contributed by atoms with Gasteiger partial charge in [-0.1, -0.05) is 44.7 Å². The van der Waals surface area contributed by atoms with Crippen LogP contribution >= 0.6 is 0 Å². The monoisotopic (exact) mass is 480 g/mol. The lowest BCUT2D eigenvalue weighted by Crippen LogP contribution is -2.54. The van der Waals surface area contributed by atoms with Crippen molar-refractivity contribution in [2.75, 3.05) is 0 Å². The Morgan fingerprint density at radius 2 is 1.91 bits per heavy atom. The number of phenolic OH excluding ortho intramolecular Hbond substituents is 1. The summed E-state index contributed by atoms with van der Waals surface area (Å²) < 4.78 is 37.6. The molecule has 3 nitrogen and oxygen atoms in total. The molecule has 0 spiro atoms. The first-order valence-electron chi connectivity index (χ1n) is 12.9. The van der Waals surface area contributed by atoms with Crippen LogP contribution in [0.1, 0.15) is 88.2 Å². The van der Waals surface area contributed by atoms with Gasteiger partial charge in [-0.25, -0.2) is 0 Å². The highest BCUT2D eigenvalue weighted by Crippen LogP contribution is 2.69. The third-order valence-corrected chi connectivity index (χ3v) is 9.54. The summed E-state index contributed by atoms with van der Waals surface area (Å²) in [4.78, 5) is 0. The van der Waals surface area contributed by atoms with E-state index < -0.39 is 12.3 Å². The molecule has 0 radical (unpaired) electrons. The molecule has 4 rings (SSSR count). The summed E-state index contributed by atoms with van der Waals surface area (Å²) >= 11 is 0. The molecule has 0 aromatic heterocycles. The SMILES string of the molecule is C=C[C@@]12CCc3cc(O)ccc3[C@H]1[C@@H](CCCCCC[C@@H](O)C(F)(F)F)C[C@@]1(C)[C@H]2CC[C@@H]1O. The lowest BCUT2D eigenvalue weighted by Gasteiger charge is -2.60. The van der Waals surface area contributed by atoms with Gasteiger partial charge in [0, 0.05) is 0 Å². The van der Waals surface area contributed by atoms with E-state index in [2.05, 4.69) is 25.6 Å². The van der Waals surface area contributed by atoms with E-state index in [-0.39, 0.29) is 29.3 Å². The molecule has 0 heterocycles. The molecule has 190 valence electrons. The number of phenols is 1. The quantitative estimate of drug-likeness (QED) is 0.288. The highest BCUT2D eigenvalue weighted by atomic mass is 19.4. The van der Waals surface area contributed by atoms with Crippen LogP contribution in [-0.4, -0.2) is 33.7 Å².